The second kappa shape index (κ2) is 13.0. The van der Waals surface area contributed by atoms with Crippen LogP contribution in [0, 0.1) is 0 Å². The number of rotatable bonds is 8. The molecule has 0 atom stereocenters. The molecule has 0 saturated heterocycles. The van der Waals surface area contributed by atoms with Crippen molar-refractivity contribution in [2.75, 3.05) is 0 Å². The van der Waals surface area contributed by atoms with Gasteiger partial charge in [0.2, 0.25) is 0 Å². The molecular formula is C16H12N2Na2O8S2. The molecule has 10 nitrogen and oxygen atoms in total. The van der Waals surface area contributed by atoms with Crippen LogP contribution in [0.15, 0.2) is 68.6 Å². The average molecular weight is 470 g/mol. The van der Waals surface area contributed by atoms with E-state index in [2.05, 4.69) is 18.9 Å². The van der Waals surface area contributed by atoms with E-state index in [0.717, 1.165) is 12.2 Å². The topological polar surface area (TPSA) is 146 Å². The first-order valence-electron chi connectivity index (χ1n) is 7.19. The van der Waals surface area contributed by atoms with Crippen molar-refractivity contribution in [1.29, 1.82) is 0 Å². The summed E-state index contributed by atoms with van der Waals surface area (Å²) in [4.78, 5) is 19.6. The molecule has 0 bridgehead atoms. The van der Waals surface area contributed by atoms with Gasteiger partial charge in [-0.15, -0.1) is 0 Å². The van der Waals surface area contributed by atoms with Crippen molar-refractivity contribution in [3.63, 3.8) is 0 Å². The van der Waals surface area contributed by atoms with Crippen molar-refractivity contribution in [3.05, 3.63) is 59.7 Å². The minimum absolute atomic E-state index is 0. The second-order valence-corrected chi connectivity index (χ2v) is 7.83. The Labute approximate surface area is 216 Å². The van der Waals surface area contributed by atoms with Gasteiger partial charge in [0.05, 0.1) is 0 Å². The van der Waals surface area contributed by atoms with Gasteiger partial charge in [0.15, 0.2) is 0 Å². The van der Waals surface area contributed by atoms with E-state index in [1.54, 1.807) is 0 Å². The minimum atomic E-state index is -4.39. The Kier molecular flexibility index (Phi) is 12.3. The fourth-order valence-corrected chi connectivity index (χ4v) is 3.84. The van der Waals surface area contributed by atoms with E-state index in [9.17, 15) is 26.4 Å². The van der Waals surface area contributed by atoms with E-state index in [-0.39, 0.29) is 80.0 Å². The zero-order valence-electron chi connectivity index (χ0n) is 13.8. The Morgan fingerprint density at radius 3 is 1.33 bits per heavy atom. The molecule has 0 aliphatic heterocycles. The van der Waals surface area contributed by atoms with Gasteiger partial charge >= 0.3 is 79.4 Å². The standard InChI is InChI=1S/C16H10N2O8S2.2Na.2H/c19-11-17-25-27(21,22)15-7-3-1-5-13(15)9-10-14-6-2-4-8-16(14)28(23,24)26-18-12-20;;;;/h1-10H;;;;. The Morgan fingerprint density at radius 2 is 1.00 bits per heavy atom. The van der Waals surface area contributed by atoms with E-state index in [4.69, 9.17) is 0 Å². The number of benzene rings is 2. The number of carbonyl (C=O) groups excluding carboxylic acids is 2. The summed E-state index contributed by atoms with van der Waals surface area (Å²) in [5.74, 6) is 0. The van der Waals surface area contributed by atoms with Crippen LogP contribution in [0.2, 0.25) is 0 Å². The Morgan fingerprint density at radius 1 is 0.667 bits per heavy atom. The van der Waals surface area contributed by atoms with E-state index in [0.29, 0.717) is 0 Å². The molecule has 30 heavy (non-hydrogen) atoms. The van der Waals surface area contributed by atoms with E-state index in [1.165, 1.54) is 60.7 Å². The summed E-state index contributed by atoms with van der Waals surface area (Å²) in [6, 6.07) is 11.2. The number of hydrogen-bond acceptors (Lipinski definition) is 10. The van der Waals surface area contributed by atoms with E-state index >= 15 is 0 Å². The molecule has 0 unspecified atom stereocenters. The Balaban J connectivity index is 0.00000420. The summed E-state index contributed by atoms with van der Waals surface area (Å²) in [5, 5.41) is 5.20. The molecule has 2 aromatic carbocycles. The molecule has 14 heteroatoms. The molecule has 0 spiro atoms. The van der Waals surface area contributed by atoms with Gasteiger partial charge in [0.1, 0.15) is 9.79 Å². The molecule has 0 N–H and O–H groups in total. The van der Waals surface area contributed by atoms with Gasteiger partial charge in [0.25, 0.3) is 12.2 Å². The van der Waals surface area contributed by atoms with Gasteiger partial charge < -0.3 is 0 Å². The van der Waals surface area contributed by atoms with Crippen LogP contribution in [0.4, 0.5) is 0 Å². The maximum absolute atomic E-state index is 12.1. The van der Waals surface area contributed by atoms with Crippen LogP contribution >= 0.6 is 0 Å². The number of nitrogens with zero attached hydrogens (tertiary/aromatic N) is 2. The van der Waals surface area contributed by atoms with Crippen molar-refractivity contribution in [2.24, 2.45) is 10.3 Å². The van der Waals surface area contributed by atoms with Crippen molar-refractivity contribution in [3.8, 4) is 0 Å². The van der Waals surface area contributed by atoms with E-state index < -0.39 is 20.2 Å². The zero-order chi connectivity index (χ0) is 20.6. The average Bonchev–Trinajstić information content (AvgIpc) is 2.69. The van der Waals surface area contributed by atoms with Crippen molar-refractivity contribution in [1.82, 2.24) is 0 Å². The fraction of sp³-hybridized carbons (Fsp3) is 0. The maximum atomic E-state index is 12.1. The predicted molar refractivity (Wildman–Crippen MR) is 109 cm³/mol. The van der Waals surface area contributed by atoms with Gasteiger partial charge in [-0.05, 0) is 23.3 Å². The number of hydrogen-bond donors (Lipinski definition) is 0. The van der Waals surface area contributed by atoms with Crippen LogP contribution in [-0.4, -0.2) is 88.1 Å². The van der Waals surface area contributed by atoms with E-state index in [1.807, 2.05) is 0 Å². The molecule has 0 aliphatic rings. The molecule has 0 aliphatic carbocycles. The van der Waals surface area contributed by atoms with Gasteiger partial charge in [-0.2, -0.15) is 16.8 Å². The third-order valence-electron chi connectivity index (χ3n) is 3.16. The van der Waals surface area contributed by atoms with Crippen molar-refractivity contribution in [2.45, 2.75) is 9.79 Å². The van der Waals surface area contributed by atoms with Crippen LogP contribution in [0.5, 0.6) is 0 Å². The second-order valence-electron chi connectivity index (χ2n) is 4.83. The Hall–Kier alpha value is -1.56. The normalized spacial score (nSPS) is 10.5. The first kappa shape index (κ1) is 28.4. The molecule has 148 valence electrons. The van der Waals surface area contributed by atoms with Gasteiger partial charge in [-0.25, -0.2) is 9.59 Å². The summed E-state index contributed by atoms with van der Waals surface area (Å²) >= 11 is 0. The van der Waals surface area contributed by atoms with Crippen LogP contribution in [-0.2, 0) is 38.4 Å². The summed E-state index contributed by atoms with van der Waals surface area (Å²) in [6.07, 6.45) is 4.51. The molecular weight excluding hydrogens is 458 g/mol. The third-order valence-corrected chi connectivity index (χ3v) is 5.53. The van der Waals surface area contributed by atoms with Crippen molar-refractivity contribution < 1.29 is 35.0 Å². The molecule has 2 aromatic rings. The molecule has 2 rings (SSSR count). The first-order valence-corrected chi connectivity index (χ1v) is 10.0. The molecule has 0 heterocycles. The summed E-state index contributed by atoms with van der Waals surface area (Å²) in [5.41, 5.74) is 0.255. The summed E-state index contributed by atoms with van der Waals surface area (Å²) < 4.78 is 56.6. The first-order chi connectivity index (χ1) is 13.3. The molecule has 0 radical (unpaired) electrons. The van der Waals surface area contributed by atoms with Crippen molar-refractivity contribution >= 4 is 104 Å². The summed E-state index contributed by atoms with van der Waals surface area (Å²) in [6.45, 7) is 0. The summed E-state index contributed by atoms with van der Waals surface area (Å²) in [7, 11) is -8.78. The fourth-order valence-electron chi connectivity index (χ4n) is 2.08. The van der Waals surface area contributed by atoms with Gasteiger partial charge in [-0.3, -0.25) is 8.57 Å². The zero-order valence-corrected chi connectivity index (χ0v) is 15.4. The SMILES string of the molecule is O=C=NOS(=O)(=O)c1ccccc1C=Cc1ccccc1S(=O)(=O)ON=C=O.[NaH].[NaH]. The predicted octanol–water partition coefficient (Wildman–Crippen LogP) is 0.472. The molecule has 0 amide bonds. The van der Waals surface area contributed by atoms with Gasteiger partial charge in [-0.1, -0.05) is 48.6 Å². The molecule has 0 fully saturated rings. The van der Waals surface area contributed by atoms with Gasteiger partial charge in [0, 0.05) is 10.3 Å². The number of isocyanates is 2. The molecule has 0 saturated carbocycles. The van der Waals surface area contributed by atoms with Crippen LogP contribution in [0.25, 0.3) is 12.2 Å². The molecule has 0 aromatic heterocycles. The monoisotopic (exact) mass is 470 g/mol. The van der Waals surface area contributed by atoms with Crippen LogP contribution < -0.4 is 0 Å². The third kappa shape index (κ3) is 7.60. The van der Waals surface area contributed by atoms with Crippen LogP contribution in [0.1, 0.15) is 11.1 Å². The Bertz CT molecular complexity index is 1120. The quantitative estimate of drug-likeness (QED) is 0.178. The van der Waals surface area contributed by atoms with Crippen LogP contribution in [0.3, 0.4) is 0 Å².